The third kappa shape index (κ3) is 3.11. The third-order valence-electron chi connectivity index (χ3n) is 3.94. The summed E-state index contributed by atoms with van der Waals surface area (Å²) in [6.45, 7) is 10.8. The van der Waals surface area contributed by atoms with Crippen molar-refractivity contribution >= 4 is 0 Å². The van der Waals surface area contributed by atoms with Gasteiger partial charge in [-0.15, -0.1) is 0 Å². The van der Waals surface area contributed by atoms with E-state index in [1.54, 1.807) is 0 Å². The van der Waals surface area contributed by atoms with Gasteiger partial charge in [-0.2, -0.15) is 0 Å². The van der Waals surface area contributed by atoms with Crippen LogP contribution in [0.4, 0.5) is 0 Å². The van der Waals surface area contributed by atoms with E-state index in [0.29, 0.717) is 13.2 Å². The maximum atomic E-state index is 6.03. The Morgan fingerprint density at radius 1 is 1.00 bits per heavy atom. The first-order chi connectivity index (χ1) is 9.81. The van der Waals surface area contributed by atoms with Gasteiger partial charge in [0.1, 0.15) is 24.4 Å². The number of hydrogen-bond donors (Lipinski definition) is 0. The summed E-state index contributed by atoms with van der Waals surface area (Å²) >= 11 is 0. The van der Waals surface area contributed by atoms with E-state index in [9.17, 15) is 0 Å². The van der Waals surface area contributed by atoms with Crippen molar-refractivity contribution in [1.82, 2.24) is 0 Å². The highest BCUT2D eigenvalue weighted by Gasteiger charge is 2.58. The maximum Gasteiger partial charge on any atom is 0.190 e. The quantitative estimate of drug-likeness (QED) is 0.789. The second-order valence-electron chi connectivity index (χ2n) is 6.77. The van der Waals surface area contributed by atoms with E-state index < -0.39 is 17.9 Å². The van der Waals surface area contributed by atoms with Gasteiger partial charge in [0.15, 0.2) is 17.9 Å². The zero-order valence-corrected chi connectivity index (χ0v) is 13.5. The lowest BCUT2D eigenvalue weighted by Gasteiger charge is -2.29. The molecule has 3 heterocycles. The molecule has 6 heteroatoms. The first kappa shape index (κ1) is 15.6. The molecule has 21 heavy (non-hydrogen) atoms. The van der Waals surface area contributed by atoms with Crippen molar-refractivity contribution < 1.29 is 28.4 Å². The van der Waals surface area contributed by atoms with Crippen LogP contribution in [-0.4, -0.2) is 55.5 Å². The van der Waals surface area contributed by atoms with Gasteiger partial charge >= 0.3 is 0 Å². The Hall–Kier alpha value is -0.240. The number of rotatable bonds is 4. The molecule has 3 rings (SSSR count). The molecule has 6 nitrogen and oxygen atoms in total. The van der Waals surface area contributed by atoms with E-state index in [1.807, 2.05) is 27.7 Å². The van der Waals surface area contributed by atoms with Gasteiger partial charge in [0.05, 0.1) is 6.61 Å². The van der Waals surface area contributed by atoms with Crippen LogP contribution in [0.3, 0.4) is 0 Å². The summed E-state index contributed by atoms with van der Waals surface area (Å²) in [6.07, 6.45) is -0.271. The lowest BCUT2D eigenvalue weighted by atomic mass is 10.1. The molecule has 3 fully saturated rings. The summed E-state index contributed by atoms with van der Waals surface area (Å²) in [4.78, 5) is 0. The Labute approximate surface area is 126 Å². The summed E-state index contributed by atoms with van der Waals surface area (Å²) in [6, 6.07) is 0. The van der Waals surface area contributed by atoms with Gasteiger partial charge in [0.25, 0.3) is 0 Å². The molecule has 0 unspecified atom stereocenters. The highest BCUT2D eigenvalue weighted by atomic mass is 16.8. The van der Waals surface area contributed by atoms with Crippen LogP contribution in [0.1, 0.15) is 41.0 Å². The maximum absolute atomic E-state index is 6.03. The molecule has 122 valence electrons. The minimum atomic E-state index is -0.638. The van der Waals surface area contributed by atoms with E-state index in [4.69, 9.17) is 28.4 Å². The van der Waals surface area contributed by atoms with Gasteiger partial charge in [-0.1, -0.05) is 6.92 Å². The molecular weight excluding hydrogens is 276 g/mol. The van der Waals surface area contributed by atoms with Crippen molar-refractivity contribution in [2.45, 2.75) is 83.3 Å². The molecule has 0 bridgehead atoms. The molecule has 0 aromatic carbocycles. The molecule has 3 aliphatic rings. The van der Waals surface area contributed by atoms with E-state index >= 15 is 0 Å². The summed E-state index contributed by atoms with van der Waals surface area (Å²) in [5.74, 6) is -1.22. The number of fused-ring (bicyclic) bond motifs is 1. The largest absolute Gasteiger partial charge is 0.372 e. The van der Waals surface area contributed by atoms with Gasteiger partial charge < -0.3 is 28.4 Å². The van der Waals surface area contributed by atoms with Crippen molar-refractivity contribution in [2.24, 2.45) is 0 Å². The first-order valence-corrected chi connectivity index (χ1v) is 7.76. The Kier molecular flexibility index (Phi) is 4.05. The van der Waals surface area contributed by atoms with Crippen LogP contribution >= 0.6 is 0 Å². The fraction of sp³-hybridized carbons (Fsp3) is 1.00. The van der Waals surface area contributed by atoms with Gasteiger partial charge in [0, 0.05) is 6.61 Å². The first-order valence-electron chi connectivity index (χ1n) is 7.76. The van der Waals surface area contributed by atoms with E-state index in [0.717, 1.165) is 6.42 Å². The molecule has 0 aromatic heterocycles. The van der Waals surface area contributed by atoms with Crippen LogP contribution in [0.2, 0.25) is 0 Å². The fourth-order valence-corrected chi connectivity index (χ4v) is 3.12. The van der Waals surface area contributed by atoms with Gasteiger partial charge in [-0.25, -0.2) is 0 Å². The van der Waals surface area contributed by atoms with Crippen LogP contribution in [0.5, 0.6) is 0 Å². The summed E-state index contributed by atoms with van der Waals surface area (Å²) in [5.41, 5.74) is 0. The number of ether oxygens (including phenoxy) is 6. The van der Waals surface area contributed by atoms with Gasteiger partial charge in [-0.05, 0) is 34.1 Å². The molecule has 0 aromatic rings. The Balaban J connectivity index is 1.72. The highest BCUT2D eigenvalue weighted by Crippen LogP contribution is 2.41. The van der Waals surface area contributed by atoms with Crippen LogP contribution in [-0.2, 0) is 28.4 Å². The number of hydrogen-bond acceptors (Lipinski definition) is 6. The SMILES string of the molecule is CCCO[C@@H]1[C@H]2OC(C)(C)O[C@H]2O[C@@H]1[C@H]1COC(C)(C)O1. The average molecular weight is 302 g/mol. The predicted octanol–water partition coefficient (Wildman–Crippen LogP) is 1.81. The van der Waals surface area contributed by atoms with Crippen LogP contribution < -0.4 is 0 Å². The topological polar surface area (TPSA) is 55.4 Å². The van der Waals surface area contributed by atoms with Crippen molar-refractivity contribution in [2.75, 3.05) is 13.2 Å². The average Bonchev–Trinajstić information content (AvgIpc) is 2.96. The second kappa shape index (κ2) is 5.44. The van der Waals surface area contributed by atoms with Crippen LogP contribution in [0.15, 0.2) is 0 Å². The lowest BCUT2D eigenvalue weighted by molar-refractivity contribution is -0.235. The Morgan fingerprint density at radius 2 is 1.76 bits per heavy atom. The highest BCUT2D eigenvalue weighted by molar-refractivity contribution is 4.98. The normalized spacial score (nSPS) is 44.1. The molecule has 0 saturated carbocycles. The third-order valence-corrected chi connectivity index (χ3v) is 3.94. The molecular formula is C15H26O6. The summed E-state index contributed by atoms with van der Waals surface area (Å²) in [5, 5.41) is 0. The zero-order valence-electron chi connectivity index (χ0n) is 13.5. The van der Waals surface area contributed by atoms with Crippen molar-refractivity contribution in [1.29, 1.82) is 0 Å². The lowest BCUT2D eigenvalue weighted by Crippen LogP contribution is -2.44. The minimum absolute atomic E-state index is 0.164. The molecule has 0 spiro atoms. The zero-order chi connectivity index (χ0) is 15.3. The van der Waals surface area contributed by atoms with Crippen molar-refractivity contribution in [3.63, 3.8) is 0 Å². The van der Waals surface area contributed by atoms with Gasteiger partial charge in [0.2, 0.25) is 0 Å². The fourth-order valence-electron chi connectivity index (χ4n) is 3.12. The molecule has 0 radical (unpaired) electrons. The van der Waals surface area contributed by atoms with Crippen molar-refractivity contribution in [3.8, 4) is 0 Å². The molecule has 5 atom stereocenters. The second-order valence-corrected chi connectivity index (χ2v) is 6.77. The molecule has 0 amide bonds. The van der Waals surface area contributed by atoms with Crippen LogP contribution in [0, 0.1) is 0 Å². The summed E-state index contributed by atoms with van der Waals surface area (Å²) in [7, 11) is 0. The van der Waals surface area contributed by atoms with E-state index in [-0.39, 0.29) is 24.4 Å². The summed E-state index contributed by atoms with van der Waals surface area (Å²) < 4.78 is 35.3. The van der Waals surface area contributed by atoms with E-state index in [1.165, 1.54) is 0 Å². The smallest absolute Gasteiger partial charge is 0.190 e. The Morgan fingerprint density at radius 3 is 2.38 bits per heavy atom. The predicted molar refractivity (Wildman–Crippen MR) is 73.6 cm³/mol. The van der Waals surface area contributed by atoms with Gasteiger partial charge in [-0.3, -0.25) is 0 Å². The molecule has 3 aliphatic heterocycles. The standard InChI is InChI=1S/C15H26O6/c1-6-7-16-11-10(9-8-17-14(2,3)19-9)18-13-12(11)20-15(4,5)21-13/h9-13H,6-8H2,1-5H3/t9-,10-,11+,12-,13-/m1/s1. The van der Waals surface area contributed by atoms with Crippen LogP contribution in [0.25, 0.3) is 0 Å². The molecule has 0 N–H and O–H groups in total. The minimum Gasteiger partial charge on any atom is -0.372 e. The van der Waals surface area contributed by atoms with Crippen molar-refractivity contribution in [3.05, 3.63) is 0 Å². The molecule has 3 saturated heterocycles. The van der Waals surface area contributed by atoms with E-state index in [2.05, 4.69) is 6.92 Å². The Bertz CT molecular complexity index is 382. The monoisotopic (exact) mass is 302 g/mol. The molecule has 0 aliphatic carbocycles.